The molecule has 0 atom stereocenters. The third-order valence-electron chi connectivity index (χ3n) is 2.20. The Morgan fingerprint density at radius 1 is 0.778 bits per heavy atom. The van der Waals surface area contributed by atoms with Crippen LogP contribution >= 0.6 is 0 Å². The summed E-state index contributed by atoms with van der Waals surface area (Å²) >= 11 is 0. The Balaban J connectivity index is 5.83. The standard InChI is InChI=1S/C7H6F9NO/c8-5(9,10)4(6(11,12)13,7(14,15)16)2-1-3(17)18/h1-2H2,(H2,17,18). The molecular weight excluding hydrogens is 285 g/mol. The van der Waals surface area contributed by atoms with E-state index in [0.717, 1.165) is 0 Å². The molecule has 108 valence electrons. The largest absolute Gasteiger partial charge is 0.412 e. The number of carbonyl (C=O) groups is 1. The van der Waals surface area contributed by atoms with Crippen LogP contribution in [0.15, 0.2) is 0 Å². The smallest absolute Gasteiger partial charge is 0.370 e. The molecule has 0 saturated carbocycles. The van der Waals surface area contributed by atoms with Crippen molar-refractivity contribution in [1.29, 1.82) is 0 Å². The molecule has 0 aromatic carbocycles. The van der Waals surface area contributed by atoms with Crippen molar-refractivity contribution < 1.29 is 44.3 Å². The van der Waals surface area contributed by atoms with Crippen LogP contribution in [0, 0.1) is 5.41 Å². The molecule has 0 aromatic heterocycles. The highest BCUT2D eigenvalue weighted by molar-refractivity contribution is 5.73. The Bertz CT molecular complexity index is 276. The van der Waals surface area contributed by atoms with Crippen molar-refractivity contribution in [3.63, 3.8) is 0 Å². The van der Waals surface area contributed by atoms with Crippen LogP contribution in [0.5, 0.6) is 0 Å². The van der Waals surface area contributed by atoms with Gasteiger partial charge in [-0.1, -0.05) is 0 Å². The van der Waals surface area contributed by atoms with Crippen LogP contribution in [0.4, 0.5) is 39.5 Å². The highest BCUT2D eigenvalue weighted by Gasteiger charge is 2.82. The molecule has 18 heavy (non-hydrogen) atoms. The summed E-state index contributed by atoms with van der Waals surface area (Å²) in [6.07, 6.45) is -24.1. The predicted octanol–water partition coefficient (Wildman–Crippen LogP) is 2.93. The molecule has 0 unspecified atom stereocenters. The minimum Gasteiger partial charge on any atom is -0.370 e. The van der Waals surface area contributed by atoms with Crippen molar-refractivity contribution in [2.75, 3.05) is 0 Å². The van der Waals surface area contributed by atoms with Gasteiger partial charge in [-0.3, -0.25) is 4.79 Å². The van der Waals surface area contributed by atoms with Gasteiger partial charge in [0.25, 0.3) is 5.41 Å². The fourth-order valence-electron chi connectivity index (χ4n) is 1.22. The van der Waals surface area contributed by atoms with Crippen LogP contribution in [0.25, 0.3) is 0 Å². The monoisotopic (exact) mass is 291 g/mol. The second-order valence-electron chi connectivity index (χ2n) is 3.36. The molecule has 0 heterocycles. The maximum atomic E-state index is 12.2. The molecular formula is C7H6F9NO. The number of carbonyl (C=O) groups excluding carboxylic acids is 1. The maximum absolute atomic E-state index is 12.2. The molecule has 0 rings (SSSR count). The second-order valence-corrected chi connectivity index (χ2v) is 3.36. The topological polar surface area (TPSA) is 43.1 Å². The van der Waals surface area contributed by atoms with E-state index < -0.39 is 42.7 Å². The molecule has 0 spiro atoms. The van der Waals surface area contributed by atoms with Crippen molar-refractivity contribution in [2.45, 2.75) is 31.4 Å². The summed E-state index contributed by atoms with van der Waals surface area (Å²) in [5, 5.41) is 0. The Labute approximate surface area is 93.9 Å². The first-order chi connectivity index (χ1) is 7.67. The lowest BCUT2D eigenvalue weighted by Gasteiger charge is -2.38. The molecule has 0 radical (unpaired) electrons. The van der Waals surface area contributed by atoms with E-state index in [1.807, 2.05) is 0 Å². The number of amides is 1. The van der Waals surface area contributed by atoms with Gasteiger partial charge in [0.1, 0.15) is 0 Å². The summed E-state index contributed by atoms with van der Waals surface area (Å²) in [6.45, 7) is 0. The van der Waals surface area contributed by atoms with Gasteiger partial charge in [-0.15, -0.1) is 0 Å². The van der Waals surface area contributed by atoms with Gasteiger partial charge in [0.2, 0.25) is 5.91 Å². The summed E-state index contributed by atoms with van der Waals surface area (Å²) in [7, 11) is 0. The molecule has 0 aromatic rings. The summed E-state index contributed by atoms with van der Waals surface area (Å²) in [5.74, 6) is -1.70. The first kappa shape index (κ1) is 16.8. The lowest BCUT2D eigenvalue weighted by atomic mass is 9.80. The number of primary amides is 1. The van der Waals surface area contributed by atoms with E-state index in [1.165, 1.54) is 0 Å². The predicted molar refractivity (Wildman–Crippen MR) is 39.0 cm³/mol. The molecule has 0 bridgehead atoms. The third-order valence-corrected chi connectivity index (χ3v) is 2.20. The molecule has 11 heteroatoms. The van der Waals surface area contributed by atoms with Crippen molar-refractivity contribution in [3.8, 4) is 0 Å². The summed E-state index contributed by atoms with van der Waals surface area (Å²) in [4.78, 5) is 10.1. The number of hydrogen-bond acceptors (Lipinski definition) is 1. The summed E-state index contributed by atoms with van der Waals surface area (Å²) < 4.78 is 110. The average Bonchev–Trinajstić information content (AvgIpc) is 1.94. The van der Waals surface area contributed by atoms with Crippen molar-refractivity contribution in [3.05, 3.63) is 0 Å². The van der Waals surface area contributed by atoms with Crippen LogP contribution in [-0.4, -0.2) is 24.4 Å². The second kappa shape index (κ2) is 4.50. The lowest BCUT2D eigenvalue weighted by Crippen LogP contribution is -2.59. The van der Waals surface area contributed by atoms with Crippen LogP contribution in [0.1, 0.15) is 12.8 Å². The average molecular weight is 291 g/mol. The lowest BCUT2D eigenvalue weighted by molar-refractivity contribution is -0.428. The van der Waals surface area contributed by atoms with Crippen LogP contribution in [0.2, 0.25) is 0 Å². The number of nitrogens with two attached hydrogens (primary N) is 1. The Hall–Kier alpha value is -1.16. The van der Waals surface area contributed by atoms with Crippen molar-refractivity contribution in [2.24, 2.45) is 11.1 Å². The zero-order valence-corrected chi connectivity index (χ0v) is 8.30. The minimum absolute atomic E-state index is 1.70. The molecule has 0 aliphatic heterocycles. The van der Waals surface area contributed by atoms with Gasteiger partial charge >= 0.3 is 18.5 Å². The van der Waals surface area contributed by atoms with Crippen molar-refractivity contribution in [1.82, 2.24) is 0 Å². The number of rotatable bonds is 3. The van der Waals surface area contributed by atoms with Crippen molar-refractivity contribution >= 4 is 5.91 Å². The Kier molecular flexibility index (Phi) is 4.21. The van der Waals surface area contributed by atoms with Gasteiger partial charge in [-0.25, -0.2) is 0 Å². The fourth-order valence-corrected chi connectivity index (χ4v) is 1.22. The molecule has 0 saturated heterocycles. The number of hydrogen-bond donors (Lipinski definition) is 1. The van der Waals surface area contributed by atoms with Crippen LogP contribution in [0.3, 0.4) is 0 Å². The Morgan fingerprint density at radius 3 is 1.22 bits per heavy atom. The number of alkyl halides is 9. The van der Waals surface area contributed by atoms with E-state index in [-0.39, 0.29) is 0 Å². The van der Waals surface area contributed by atoms with E-state index in [1.54, 1.807) is 0 Å². The molecule has 1 amide bonds. The normalized spacial score (nSPS) is 14.7. The van der Waals surface area contributed by atoms with E-state index >= 15 is 0 Å². The number of halogens is 9. The van der Waals surface area contributed by atoms with Gasteiger partial charge < -0.3 is 5.73 Å². The van der Waals surface area contributed by atoms with Gasteiger partial charge in [0.05, 0.1) is 0 Å². The zero-order valence-electron chi connectivity index (χ0n) is 8.30. The van der Waals surface area contributed by atoms with E-state index in [4.69, 9.17) is 0 Å². The van der Waals surface area contributed by atoms with E-state index in [9.17, 15) is 44.3 Å². The van der Waals surface area contributed by atoms with Gasteiger partial charge in [-0.05, 0) is 6.42 Å². The molecule has 2 N–H and O–H groups in total. The highest BCUT2D eigenvalue weighted by atomic mass is 19.4. The summed E-state index contributed by atoms with van der Waals surface area (Å²) in [5.41, 5.74) is -1.67. The first-order valence-corrected chi connectivity index (χ1v) is 4.15. The van der Waals surface area contributed by atoms with Gasteiger partial charge in [-0.2, -0.15) is 39.5 Å². The first-order valence-electron chi connectivity index (χ1n) is 4.15. The van der Waals surface area contributed by atoms with Gasteiger partial charge in [0, 0.05) is 6.42 Å². The molecule has 0 fully saturated rings. The van der Waals surface area contributed by atoms with Gasteiger partial charge in [0.15, 0.2) is 0 Å². The maximum Gasteiger partial charge on any atom is 0.412 e. The van der Waals surface area contributed by atoms with Crippen LogP contribution in [-0.2, 0) is 4.79 Å². The zero-order chi connectivity index (χ0) is 15.0. The third kappa shape index (κ3) is 2.80. The quantitative estimate of drug-likeness (QED) is 0.798. The van der Waals surface area contributed by atoms with E-state index in [2.05, 4.69) is 5.73 Å². The fraction of sp³-hybridized carbons (Fsp3) is 0.857. The highest BCUT2D eigenvalue weighted by Crippen LogP contribution is 2.61. The van der Waals surface area contributed by atoms with E-state index in [0.29, 0.717) is 0 Å². The SMILES string of the molecule is NC(=O)CCC(C(F)(F)F)(C(F)(F)F)C(F)(F)F. The molecule has 0 aliphatic rings. The molecule has 0 aliphatic carbocycles. The minimum atomic E-state index is -6.64. The summed E-state index contributed by atoms with van der Waals surface area (Å²) in [6, 6.07) is 0. The van der Waals surface area contributed by atoms with Crippen LogP contribution < -0.4 is 5.73 Å². The molecule has 2 nitrogen and oxygen atoms in total. The Morgan fingerprint density at radius 2 is 1.06 bits per heavy atom.